The fourth-order valence-electron chi connectivity index (χ4n) is 2.87. The van der Waals surface area contributed by atoms with Crippen molar-refractivity contribution in [3.8, 4) is 0 Å². The summed E-state index contributed by atoms with van der Waals surface area (Å²) < 4.78 is 0. The summed E-state index contributed by atoms with van der Waals surface area (Å²) in [6.45, 7) is 2.02. The largest absolute Gasteiger partial charge is 0.380 e. The Bertz CT molecular complexity index is 740. The second kappa shape index (κ2) is 5.33. The second-order valence-corrected chi connectivity index (χ2v) is 6.17. The maximum Gasteiger partial charge on any atom is 0.140 e. The van der Waals surface area contributed by atoms with Gasteiger partial charge >= 0.3 is 0 Å². The number of nitrogens with one attached hydrogen (secondary N) is 1. The Balaban J connectivity index is 1.52. The van der Waals surface area contributed by atoms with Crippen LogP contribution in [0.3, 0.4) is 0 Å². The van der Waals surface area contributed by atoms with Crippen LogP contribution >= 0.6 is 11.3 Å². The van der Waals surface area contributed by atoms with Crippen LogP contribution < -0.4 is 10.2 Å². The van der Waals surface area contributed by atoms with E-state index in [4.69, 9.17) is 0 Å². The zero-order valence-corrected chi connectivity index (χ0v) is 12.4. The Labute approximate surface area is 127 Å². The second-order valence-electron chi connectivity index (χ2n) is 5.28. The van der Waals surface area contributed by atoms with Crippen molar-refractivity contribution in [3.63, 3.8) is 0 Å². The molecule has 1 aromatic carbocycles. The van der Waals surface area contributed by atoms with Crippen LogP contribution in [0, 0.1) is 0 Å². The molecule has 0 unspecified atom stereocenters. The van der Waals surface area contributed by atoms with Crippen molar-refractivity contribution < 1.29 is 0 Å². The number of thiophene rings is 1. The summed E-state index contributed by atoms with van der Waals surface area (Å²) in [6.07, 6.45) is 2.80. The lowest BCUT2D eigenvalue weighted by Gasteiger charge is -2.19. The number of rotatable bonds is 3. The summed E-state index contributed by atoms with van der Waals surface area (Å²) in [7, 11) is 0. The molecule has 1 N–H and O–H groups in total. The van der Waals surface area contributed by atoms with Crippen molar-refractivity contribution in [3.05, 3.63) is 48.1 Å². The van der Waals surface area contributed by atoms with E-state index in [1.54, 1.807) is 17.7 Å². The minimum Gasteiger partial charge on any atom is -0.380 e. The van der Waals surface area contributed by atoms with Crippen LogP contribution in [0.15, 0.2) is 48.1 Å². The molecule has 0 spiro atoms. The van der Waals surface area contributed by atoms with Gasteiger partial charge in [-0.15, -0.1) is 11.3 Å². The first-order chi connectivity index (χ1) is 10.4. The molecule has 1 atom stereocenters. The molecular weight excluding hydrogens is 280 g/mol. The Morgan fingerprint density at radius 2 is 2.05 bits per heavy atom. The number of fused-ring (bicyclic) bond motifs is 1. The average Bonchev–Trinajstić information content (AvgIpc) is 3.16. The third-order valence-electron chi connectivity index (χ3n) is 3.87. The first kappa shape index (κ1) is 12.6. The lowest BCUT2D eigenvalue weighted by Crippen LogP contribution is -2.26. The van der Waals surface area contributed by atoms with Gasteiger partial charge in [0.15, 0.2) is 0 Å². The third kappa shape index (κ3) is 2.45. The van der Waals surface area contributed by atoms with Gasteiger partial charge in [0.25, 0.3) is 0 Å². The van der Waals surface area contributed by atoms with Crippen molar-refractivity contribution in [1.29, 1.82) is 0 Å². The molecule has 106 valence electrons. The van der Waals surface area contributed by atoms with Crippen LogP contribution in [0.4, 0.5) is 11.5 Å². The summed E-state index contributed by atoms with van der Waals surface area (Å²) in [4.78, 5) is 12.2. The maximum absolute atomic E-state index is 4.50. The highest BCUT2D eigenvalue weighted by molar-refractivity contribution is 7.16. The molecule has 3 aromatic rings. The number of hydrogen-bond acceptors (Lipinski definition) is 5. The molecule has 0 radical (unpaired) electrons. The van der Waals surface area contributed by atoms with Gasteiger partial charge in [-0.2, -0.15) is 0 Å². The highest BCUT2D eigenvalue weighted by Crippen LogP contribution is 2.29. The molecule has 1 aliphatic heterocycles. The van der Waals surface area contributed by atoms with E-state index in [-0.39, 0.29) is 0 Å². The molecule has 1 aliphatic rings. The standard InChI is InChI=1S/C16H16N4S/c1-2-4-12(5-3-1)19-13-6-8-20(10-13)15-14-7-9-21-16(14)18-11-17-15/h1-5,7,9,11,13,19H,6,8,10H2/t13-/m1/s1. The third-order valence-corrected chi connectivity index (χ3v) is 4.69. The van der Waals surface area contributed by atoms with Crippen LogP contribution in [0.5, 0.6) is 0 Å². The molecule has 4 nitrogen and oxygen atoms in total. The Kier molecular flexibility index (Phi) is 3.20. The monoisotopic (exact) mass is 296 g/mol. The zero-order valence-electron chi connectivity index (χ0n) is 11.6. The molecule has 4 rings (SSSR count). The number of hydrogen-bond donors (Lipinski definition) is 1. The smallest absolute Gasteiger partial charge is 0.140 e. The molecule has 21 heavy (non-hydrogen) atoms. The van der Waals surface area contributed by atoms with Gasteiger partial charge in [0.1, 0.15) is 17.0 Å². The highest BCUT2D eigenvalue weighted by Gasteiger charge is 2.24. The Morgan fingerprint density at radius 1 is 1.14 bits per heavy atom. The van der Waals surface area contributed by atoms with E-state index >= 15 is 0 Å². The summed E-state index contributed by atoms with van der Waals surface area (Å²) in [5.74, 6) is 1.07. The molecular formula is C16H16N4S. The van der Waals surface area contributed by atoms with Gasteiger partial charge in [0.05, 0.1) is 5.39 Å². The molecule has 0 saturated carbocycles. The topological polar surface area (TPSA) is 41.0 Å². The summed E-state index contributed by atoms with van der Waals surface area (Å²) >= 11 is 1.67. The van der Waals surface area contributed by atoms with E-state index < -0.39 is 0 Å². The van der Waals surface area contributed by atoms with Crippen LogP contribution in [0.25, 0.3) is 10.2 Å². The van der Waals surface area contributed by atoms with Gasteiger partial charge in [-0.3, -0.25) is 0 Å². The van der Waals surface area contributed by atoms with E-state index in [0.717, 1.165) is 30.2 Å². The van der Waals surface area contributed by atoms with Crippen molar-refractivity contribution in [2.24, 2.45) is 0 Å². The number of anilines is 2. The SMILES string of the molecule is c1ccc(N[C@@H]2CCN(c3ncnc4sccc34)C2)cc1. The van der Waals surface area contributed by atoms with Crippen LogP contribution in [-0.4, -0.2) is 29.1 Å². The van der Waals surface area contributed by atoms with E-state index in [2.05, 4.69) is 55.9 Å². The van der Waals surface area contributed by atoms with Gasteiger partial charge < -0.3 is 10.2 Å². The van der Waals surface area contributed by atoms with E-state index in [9.17, 15) is 0 Å². The molecule has 5 heteroatoms. The lowest BCUT2D eigenvalue weighted by atomic mass is 10.2. The first-order valence-electron chi connectivity index (χ1n) is 7.15. The summed E-state index contributed by atoms with van der Waals surface area (Å²) in [6, 6.07) is 13.0. The molecule has 0 aliphatic carbocycles. The molecule has 0 bridgehead atoms. The first-order valence-corrected chi connectivity index (χ1v) is 8.03. The summed E-state index contributed by atoms with van der Waals surface area (Å²) in [5.41, 5.74) is 1.19. The number of nitrogens with zero attached hydrogens (tertiary/aromatic N) is 3. The maximum atomic E-state index is 4.50. The predicted octanol–water partition coefficient (Wildman–Crippen LogP) is 3.38. The number of para-hydroxylation sites is 1. The van der Waals surface area contributed by atoms with Crippen molar-refractivity contribution in [2.75, 3.05) is 23.3 Å². The van der Waals surface area contributed by atoms with Gasteiger partial charge in [0.2, 0.25) is 0 Å². The van der Waals surface area contributed by atoms with Gasteiger partial charge in [0, 0.05) is 24.8 Å². The Hall–Kier alpha value is -2.14. The average molecular weight is 296 g/mol. The molecule has 1 fully saturated rings. The van der Waals surface area contributed by atoms with E-state index in [1.165, 1.54) is 11.1 Å². The molecule has 3 heterocycles. The number of aromatic nitrogens is 2. The Morgan fingerprint density at radius 3 is 2.95 bits per heavy atom. The van der Waals surface area contributed by atoms with Gasteiger partial charge in [-0.1, -0.05) is 18.2 Å². The fraction of sp³-hybridized carbons (Fsp3) is 0.250. The quantitative estimate of drug-likeness (QED) is 0.804. The normalized spacial score (nSPS) is 18.3. The van der Waals surface area contributed by atoms with Crippen molar-refractivity contribution in [1.82, 2.24) is 9.97 Å². The number of benzene rings is 1. The van der Waals surface area contributed by atoms with Gasteiger partial charge in [-0.05, 0) is 30.0 Å². The van der Waals surface area contributed by atoms with E-state index in [1.807, 2.05) is 6.07 Å². The zero-order chi connectivity index (χ0) is 14.1. The minimum absolute atomic E-state index is 0.469. The fourth-order valence-corrected chi connectivity index (χ4v) is 3.60. The van der Waals surface area contributed by atoms with Crippen molar-refractivity contribution in [2.45, 2.75) is 12.5 Å². The van der Waals surface area contributed by atoms with Crippen molar-refractivity contribution >= 4 is 33.1 Å². The van der Waals surface area contributed by atoms with Crippen LogP contribution in [-0.2, 0) is 0 Å². The summed E-state index contributed by atoms with van der Waals surface area (Å²) in [5, 5.41) is 6.85. The molecule has 1 saturated heterocycles. The van der Waals surface area contributed by atoms with Crippen LogP contribution in [0.1, 0.15) is 6.42 Å². The van der Waals surface area contributed by atoms with Crippen LogP contribution in [0.2, 0.25) is 0 Å². The van der Waals surface area contributed by atoms with Gasteiger partial charge in [-0.25, -0.2) is 9.97 Å². The van der Waals surface area contributed by atoms with E-state index in [0.29, 0.717) is 6.04 Å². The lowest BCUT2D eigenvalue weighted by molar-refractivity contribution is 0.806. The highest BCUT2D eigenvalue weighted by atomic mass is 32.1. The molecule has 0 amide bonds. The predicted molar refractivity (Wildman–Crippen MR) is 88.1 cm³/mol. The molecule has 2 aromatic heterocycles. The minimum atomic E-state index is 0.469.